The fourth-order valence-corrected chi connectivity index (χ4v) is 6.07. The zero-order valence-corrected chi connectivity index (χ0v) is 25.4. The molecule has 2 rings (SSSR count). The van der Waals surface area contributed by atoms with Crippen molar-refractivity contribution in [1.29, 1.82) is 0 Å². The minimum atomic E-state index is -3.45. The van der Waals surface area contributed by atoms with E-state index in [0.29, 0.717) is 43.1 Å². The highest BCUT2D eigenvalue weighted by molar-refractivity contribution is 7.53. The van der Waals surface area contributed by atoms with Gasteiger partial charge in [-0.1, -0.05) is 69.5 Å². The molecule has 0 fully saturated rings. The van der Waals surface area contributed by atoms with Crippen molar-refractivity contribution in [3.05, 3.63) is 53.6 Å². The molecule has 0 aliphatic rings. The molecule has 2 atom stereocenters. The molecule has 0 heterocycles. The molecule has 206 valence electrons. The van der Waals surface area contributed by atoms with E-state index in [-0.39, 0.29) is 0 Å². The molecule has 2 unspecified atom stereocenters. The summed E-state index contributed by atoms with van der Waals surface area (Å²) in [5.41, 5.74) is 5.06. The molecule has 8 heteroatoms. The Kier molecular flexibility index (Phi) is 12.2. The Morgan fingerprint density at radius 3 is 1.84 bits per heavy atom. The van der Waals surface area contributed by atoms with Gasteiger partial charge in [0.2, 0.25) is 0 Å². The molecule has 0 spiro atoms. The summed E-state index contributed by atoms with van der Waals surface area (Å²) in [5, 5.41) is 0. The lowest BCUT2D eigenvalue weighted by Crippen LogP contribution is -2.04. The number of rotatable bonds is 16. The van der Waals surface area contributed by atoms with Crippen LogP contribution in [-0.4, -0.2) is 26.5 Å². The summed E-state index contributed by atoms with van der Waals surface area (Å²) in [4.78, 5) is 0. The number of aryl methyl sites for hydroxylation is 2. The summed E-state index contributed by atoms with van der Waals surface area (Å²) >= 11 is 0. The molecule has 2 aromatic rings. The van der Waals surface area contributed by atoms with E-state index in [9.17, 15) is 9.13 Å². The van der Waals surface area contributed by atoms with Crippen LogP contribution in [-0.2, 0) is 24.6 Å². The van der Waals surface area contributed by atoms with Gasteiger partial charge in [0.15, 0.2) is 0 Å². The third kappa shape index (κ3) is 9.76. The van der Waals surface area contributed by atoms with Gasteiger partial charge in [0.05, 0.1) is 18.8 Å². The Morgan fingerprint density at radius 2 is 1.38 bits per heavy atom. The predicted molar refractivity (Wildman–Crippen MR) is 155 cm³/mol. The molecule has 0 radical (unpaired) electrons. The zero-order valence-electron chi connectivity index (χ0n) is 23.6. The summed E-state index contributed by atoms with van der Waals surface area (Å²) in [6.07, 6.45) is 5.33. The Balaban J connectivity index is 2.83. The molecule has 0 aromatic heterocycles. The second-order valence-corrected chi connectivity index (χ2v) is 13.6. The molecule has 37 heavy (non-hydrogen) atoms. The largest absolute Gasteiger partial charge is 0.424 e. The molecule has 0 amide bonds. The number of allylic oxidation sites excluding steroid dienone is 1. The van der Waals surface area contributed by atoms with Crippen LogP contribution in [0.1, 0.15) is 76.5 Å². The van der Waals surface area contributed by atoms with Gasteiger partial charge in [-0.2, -0.15) is 0 Å². The molecule has 0 aliphatic carbocycles. The minimum absolute atomic E-state index is 0.319. The van der Waals surface area contributed by atoms with Crippen molar-refractivity contribution in [3.63, 3.8) is 0 Å². The van der Waals surface area contributed by atoms with Gasteiger partial charge in [-0.3, -0.25) is 9.05 Å². The van der Waals surface area contributed by atoms with Gasteiger partial charge < -0.3 is 9.05 Å². The van der Waals surface area contributed by atoms with Crippen molar-refractivity contribution in [2.24, 2.45) is 0 Å². The van der Waals surface area contributed by atoms with E-state index >= 15 is 0 Å². The molecule has 0 saturated carbocycles. The number of hydrogen-bond acceptors (Lipinski definition) is 6. The molecule has 0 bridgehead atoms. The van der Waals surface area contributed by atoms with Crippen molar-refractivity contribution in [1.82, 2.24) is 0 Å². The first-order valence-electron chi connectivity index (χ1n) is 13.2. The normalized spacial score (nSPS) is 14.6. The summed E-state index contributed by atoms with van der Waals surface area (Å²) in [6.45, 7) is 17.7. The molecule has 0 N–H and O–H groups in total. The smallest absolute Gasteiger partial charge is 0.376 e. The number of hydrogen-bond donors (Lipinski definition) is 0. The lowest BCUT2D eigenvalue weighted by Gasteiger charge is -2.24. The molecular weight excluding hydrogens is 506 g/mol. The molecular formula is C29H44O6P2. The molecule has 2 aromatic carbocycles. The zero-order chi connectivity index (χ0) is 27.6. The fourth-order valence-electron chi connectivity index (χ4n) is 3.94. The van der Waals surface area contributed by atoms with E-state index in [4.69, 9.17) is 18.1 Å². The summed E-state index contributed by atoms with van der Waals surface area (Å²) < 4.78 is 50.2. The van der Waals surface area contributed by atoms with Crippen LogP contribution in [0.5, 0.6) is 11.5 Å². The van der Waals surface area contributed by atoms with E-state index in [1.54, 1.807) is 0 Å². The Morgan fingerprint density at radius 1 is 0.838 bits per heavy atom. The second kappa shape index (κ2) is 14.4. The van der Waals surface area contributed by atoms with Crippen molar-refractivity contribution < 1.29 is 27.2 Å². The minimum Gasteiger partial charge on any atom is -0.424 e. The summed E-state index contributed by atoms with van der Waals surface area (Å²) in [6, 6.07) is 9.82. The van der Waals surface area contributed by atoms with E-state index in [1.807, 2.05) is 58.0 Å². The van der Waals surface area contributed by atoms with E-state index < -0.39 is 15.2 Å². The number of unbranched alkanes of at least 4 members (excludes halogenated alkanes) is 2. The highest BCUT2D eigenvalue weighted by Gasteiger charge is 2.28. The topological polar surface area (TPSA) is 71.1 Å². The quantitative estimate of drug-likeness (QED) is 0.153. The van der Waals surface area contributed by atoms with Gasteiger partial charge in [0, 0.05) is 13.3 Å². The first-order chi connectivity index (χ1) is 17.4. The summed E-state index contributed by atoms with van der Waals surface area (Å²) in [7, 11) is -6.89. The highest BCUT2D eigenvalue weighted by Crippen LogP contribution is 2.54. The van der Waals surface area contributed by atoms with Crippen LogP contribution in [0.15, 0.2) is 36.9 Å². The van der Waals surface area contributed by atoms with Crippen molar-refractivity contribution in [2.45, 2.75) is 73.1 Å². The SMILES string of the molecule is C=C(C)c1ccc(C)cc1-c1c(OP(C)(=O)OCCC)cc(CCCCC)cc1OP(C)(=O)OCCC. The lowest BCUT2D eigenvalue weighted by molar-refractivity contribution is 0.268. The maximum Gasteiger partial charge on any atom is 0.376 e. The summed E-state index contributed by atoms with van der Waals surface area (Å²) in [5.74, 6) is 0.740. The van der Waals surface area contributed by atoms with E-state index in [0.717, 1.165) is 53.5 Å². The Labute approximate surface area is 223 Å². The van der Waals surface area contributed by atoms with Gasteiger partial charge in [0.25, 0.3) is 0 Å². The fraction of sp³-hybridized carbons (Fsp3) is 0.517. The van der Waals surface area contributed by atoms with Gasteiger partial charge in [0.1, 0.15) is 11.5 Å². The number of benzene rings is 2. The van der Waals surface area contributed by atoms with Crippen LogP contribution in [0.2, 0.25) is 0 Å². The lowest BCUT2D eigenvalue weighted by atomic mass is 9.91. The predicted octanol–water partition coefficient (Wildman–Crippen LogP) is 9.68. The Hall–Kier alpha value is -1.84. The molecule has 0 aliphatic heterocycles. The van der Waals surface area contributed by atoms with E-state index in [2.05, 4.69) is 13.5 Å². The maximum absolute atomic E-state index is 13.3. The van der Waals surface area contributed by atoms with Crippen molar-refractivity contribution in [2.75, 3.05) is 26.5 Å². The maximum atomic E-state index is 13.3. The van der Waals surface area contributed by atoms with Crippen molar-refractivity contribution in [3.8, 4) is 22.6 Å². The average Bonchev–Trinajstić information content (AvgIpc) is 2.81. The molecule has 0 saturated heterocycles. The first kappa shape index (κ1) is 31.4. The Bertz CT molecular complexity index is 1110. The van der Waals surface area contributed by atoms with Crippen LogP contribution in [0.4, 0.5) is 0 Å². The van der Waals surface area contributed by atoms with Gasteiger partial charge in [-0.05, 0) is 68.4 Å². The van der Waals surface area contributed by atoms with Crippen molar-refractivity contribution >= 4 is 20.8 Å². The van der Waals surface area contributed by atoms with Gasteiger partial charge in [-0.25, -0.2) is 9.13 Å². The second-order valence-electron chi connectivity index (χ2n) is 9.65. The first-order valence-corrected chi connectivity index (χ1v) is 17.2. The van der Waals surface area contributed by atoms with Crippen LogP contribution >= 0.6 is 15.2 Å². The average molecular weight is 551 g/mol. The standard InChI is InChI=1S/C29H44O6P2/c1-9-12-13-14-24-20-27(34-36(7,30)32-17-10-2)29(26-19-23(6)15-16-25(26)22(4)5)28(21-24)35-37(8,31)33-18-11-3/h15-16,19-21H,4,9-14,17-18H2,1-3,5-8H3. The van der Waals surface area contributed by atoms with Crippen LogP contribution in [0, 0.1) is 6.92 Å². The van der Waals surface area contributed by atoms with Gasteiger partial charge >= 0.3 is 15.2 Å². The highest BCUT2D eigenvalue weighted by atomic mass is 31.2. The van der Waals surface area contributed by atoms with Gasteiger partial charge in [-0.15, -0.1) is 0 Å². The third-order valence-electron chi connectivity index (χ3n) is 5.69. The third-order valence-corrected chi connectivity index (χ3v) is 8.05. The van der Waals surface area contributed by atoms with Crippen LogP contribution in [0.3, 0.4) is 0 Å². The van der Waals surface area contributed by atoms with Crippen LogP contribution in [0.25, 0.3) is 16.7 Å². The molecule has 6 nitrogen and oxygen atoms in total. The monoisotopic (exact) mass is 550 g/mol. The van der Waals surface area contributed by atoms with E-state index in [1.165, 1.54) is 13.3 Å². The van der Waals surface area contributed by atoms with Crippen LogP contribution < -0.4 is 9.05 Å².